The van der Waals surface area contributed by atoms with Crippen LogP contribution in [0.1, 0.15) is 69.5 Å². The smallest absolute Gasteiger partial charge is 0.410 e. The van der Waals surface area contributed by atoms with Crippen LogP contribution in [0.25, 0.3) is 0 Å². The second-order valence-corrected chi connectivity index (χ2v) is 13.0. The van der Waals surface area contributed by atoms with E-state index in [1.807, 2.05) is 72.8 Å². The van der Waals surface area contributed by atoms with Gasteiger partial charge in [-0.2, -0.15) is 0 Å². The third-order valence-electron chi connectivity index (χ3n) is 6.90. The number of nitrogens with one attached hydrogen (secondary N) is 1. The summed E-state index contributed by atoms with van der Waals surface area (Å²) in [6.45, 7) is 15.6. The number of alkyl carbamates (subject to hydrolysis) is 1. The van der Waals surface area contributed by atoms with Crippen LogP contribution in [0.3, 0.4) is 0 Å². The molecule has 0 bridgehead atoms. The fourth-order valence-corrected chi connectivity index (χ4v) is 4.64. The summed E-state index contributed by atoms with van der Waals surface area (Å²) in [5.74, 6) is 0. The highest BCUT2D eigenvalue weighted by molar-refractivity contribution is 5.69. The number of hydrogen-bond acceptors (Lipinski definition) is 6. The number of hydrogen-bond donors (Lipinski definition) is 2. The van der Waals surface area contributed by atoms with Gasteiger partial charge in [0.15, 0.2) is 0 Å². The number of aromatic nitrogens is 1. The Morgan fingerprint density at radius 2 is 1.66 bits per heavy atom. The zero-order valence-electron chi connectivity index (χ0n) is 26.9. The molecule has 8 heteroatoms. The minimum absolute atomic E-state index is 0.0808. The molecule has 1 heterocycles. The highest BCUT2D eigenvalue weighted by Crippen LogP contribution is 2.23. The maximum absolute atomic E-state index is 13.5. The van der Waals surface area contributed by atoms with Crippen LogP contribution < -0.4 is 5.32 Å². The zero-order valence-corrected chi connectivity index (χ0v) is 26.9. The largest absolute Gasteiger partial charge is 0.445 e. The second-order valence-electron chi connectivity index (χ2n) is 13.0. The van der Waals surface area contributed by atoms with Crippen LogP contribution in [-0.4, -0.2) is 51.5 Å². The number of nitrogens with zero attached hydrogens (tertiary/aromatic N) is 2. The van der Waals surface area contributed by atoms with Crippen molar-refractivity contribution in [2.45, 2.75) is 90.7 Å². The van der Waals surface area contributed by atoms with Gasteiger partial charge in [0.1, 0.15) is 12.2 Å². The Morgan fingerprint density at radius 1 is 0.977 bits per heavy atom. The molecule has 2 atom stereocenters. The summed E-state index contributed by atoms with van der Waals surface area (Å²) in [6, 6.07) is 20.5. The van der Waals surface area contributed by atoms with Crippen molar-refractivity contribution in [1.29, 1.82) is 0 Å². The molecule has 3 rings (SSSR count). The summed E-state index contributed by atoms with van der Waals surface area (Å²) in [4.78, 5) is 32.3. The number of aliphatic hydroxyl groups excluding tert-OH is 1. The number of amides is 2. The minimum atomic E-state index is -1.15. The summed E-state index contributed by atoms with van der Waals surface area (Å²) in [7, 11) is 0. The van der Waals surface area contributed by atoms with Crippen LogP contribution in [0.2, 0.25) is 0 Å². The predicted octanol–water partition coefficient (Wildman–Crippen LogP) is 6.74. The van der Waals surface area contributed by atoms with E-state index in [1.54, 1.807) is 27.0 Å². The van der Waals surface area contributed by atoms with Gasteiger partial charge in [-0.3, -0.25) is 9.88 Å². The van der Waals surface area contributed by atoms with E-state index in [9.17, 15) is 14.7 Å². The molecule has 1 aromatic heterocycles. The number of benzene rings is 2. The van der Waals surface area contributed by atoms with Gasteiger partial charge in [0.25, 0.3) is 0 Å². The summed E-state index contributed by atoms with van der Waals surface area (Å²) >= 11 is 0. The van der Waals surface area contributed by atoms with Crippen molar-refractivity contribution in [2.75, 3.05) is 6.54 Å². The Balaban J connectivity index is 1.88. The van der Waals surface area contributed by atoms with Gasteiger partial charge in [-0.1, -0.05) is 81.4 Å². The average molecular weight is 602 g/mol. The summed E-state index contributed by atoms with van der Waals surface area (Å²) in [5.41, 5.74) is 3.73. The first-order chi connectivity index (χ1) is 20.7. The lowest BCUT2D eigenvalue weighted by Gasteiger charge is -2.31. The molecule has 2 amide bonds. The molecule has 236 valence electrons. The van der Waals surface area contributed by atoms with Crippen LogP contribution in [-0.2, 0) is 40.9 Å². The van der Waals surface area contributed by atoms with Crippen molar-refractivity contribution in [3.63, 3.8) is 0 Å². The fraction of sp³-hybridized carbons (Fsp3) is 0.417. The van der Waals surface area contributed by atoms with E-state index in [1.165, 1.54) is 4.90 Å². The van der Waals surface area contributed by atoms with E-state index in [0.29, 0.717) is 18.5 Å². The molecular formula is C36H47N3O5. The number of allylic oxidation sites excluding steroid dienone is 1. The standard InChI is InChI=1S/C36H47N3O5/c1-8-13-26-16-12-17-28(20-26)21-31(38-33(41)44-36(5,6)7)32(40)24-39(34(42)43-25-27-14-10-9-11-15-27)23-30-22-29(18-19-37-30)35(2,3)4/h8-12,14-20,22,31-32,40H,1,13,21,23-25H2,2-7H3,(H,38,41)/t31-,32+/m0/s1. The Morgan fingerprint density at radius 3 is 2.32 bits per heavy atom. The Labute approximate surface area is 262 Å². The first kappa shape index (κ1) is 34.3. The van der Waals surface area contributed by atoms with E-state index in [0.717, 1.165) is 22.3 Å². The zero-order chi connectivity index (χ0) is 32.3. The van der Waals surface area contributed by atoms with Crippen LogP contribution in [0.5, 0.6) is 0 Å². The molecule has 0 fully saturated rings. The van der Waals surface area contributed by atoms with Crippen molar-refractivity contribution >= 4 is 12.2 Å². The maximum atomic E-state index is 13.5. The number of carbonyl (C=O) groups is 2. The van der Waals surface area contributed by atoms with E-state index in [-0.39, 0.29) is 25.1 Å². The third kappa shape index (κ3) is 11.5. The molecule has 0 saturated carbocycles. The van der Waals surface area contributed by atoms with Crippen molar-refractivity contribution in [1.82, 2.24) is 15.2 Å². The molecule has 2 N–H and O–H groups in total. The van der Waals surface area contributed by atoms with Gasteiger partial charge in [-0.15, -0.1) is 6.58 Å². The lowest BCUT2D eigenvalue weighted by molar-refractivity contribution is 0.0326. The molecule has 8 nitrogen and oxygen atoms in total. The molecule has 0 aliphatic carbocycles. The van der Waals surface area contributed by atoms with Gasteiger partial charge in [-0.25, -0.2) is 9.59 Å². The SMILES string of the molecule is C=CCc1cccc(C[C@H](NC(=O)OC(C)(C)C)[C@H](O)CN(Cc2cc(C(C)(C)C)ccn2)C(=O)OCc2ccccc2)c1. The molecule has 44 heavy (non-hydrogen) atoms. The number of rotatable bonds is 12. The van der Waals surface area contributed by atoms with Crippen molar-refractivity contribution in [2.24, 2.45) is 0 Å². The highest BCUT2D eigenvalue weighted by atomic mass is 16.6. The molecule has 0 saturated heterocycles. The van der Waals surface area contributed by atoms with E-state index in [4.69, 9.17) is 9.47 Å². The van der Waals surface area contributed by atoms with Crippen LogP contribution in [0, 0.1) is 0 Å². The molecule has 0 radical (unpaired) electrons. The number of ether oxygens (including phenoxy) is 2. The predicted molar refractivity (Wildman–Crippen MR) is 173 cm³/mol. The van der Waals surface area contributed by atoms with Crippen molar-refractivity contribution in [3.8, 4) is 0 Å². The van der Waals surface area contributed by atoms with Crippen LogP contribution in [0.4, 0.5) is 9.59 Å². The van der Waals surface area contributed by atoms with E-state index >= 15 is 0 Å². The van der Waals surface area contributed by atoms with Crippen molar-refractivity contribution in [3.05, 3.63) is 114 Å². The Hall–Kier alpha value is -4.17. The monoisotopic (exact) mass is 601 g/mol. The first-order valence-electron chi connectivity index (χ1n) is 15.0. The highest BCUT2D eigenvalue weighted by Gasteiger charge is 2.29. The van der Waals surface area contributed by atoms with Gasteiger partial charge >= 0.3 is 12.2 Å². The number of pyridine rings is 1. The summed E-state index contributed by atoms with van der Waals surface area (Å²) < 4.78 is 11.2. The molecule has 0 unspecified atom stereocenters. The number of aliphatic hydroxyl groups is 1. The molecule has 0 aliphatic heterocycles. The van der Waals surface area contributed by atoms with Gasteiger partial charge in [0.2, 0.25) is 0 Å². The van der Waals surface area contributed by atoms with E-state index < -0.39 is 29.9 Å². The molecule has 0 spiro atoms. The fourth-order valence-electron chi connectivity index (χ4n) is 4.64. The lowest BCUT2D eigenvalue weighted by atomic mass is 9.87. The van der Waals surface area contributed by atoms with Crippen molar-refractivity contribution < 1.29 is 24.2 Å². The number of carbonyl (C=O) groups excluding carboxylic acids is 2. The molecule has 2 aromatic carbocycles. The van der Waals surface area contributed by atoms with Crippen LogP contribution in [0.15, 0.2) is 85.6 Å². The topological polar surface area (TPSA) is 101 Å². The second kappa shape index (κ2) is 15.5. The first-order valence-corrected chi connectivity index (χ1v) is 15.0. The maximum Gasteiger partial charge on any atom is 0.410 e. The van der Waals surface area contributed by atoms with Gasteiger partial charge < -0.3 is 19.9 Å². The Kier molecular flexibility index (Phi) is 12.1. The average Bonchev–Trinajstić information content (AvgIpc) is 2.95. The summed E-state index contributed by atoms with van der Waals surface area (Å²) in [5, 5.41) is 14.4. The third-order valence-corrected chi connectivity index (χ3v) is 6.90. The van der Waals surface area contributed by atoms with Gasteiger partial charge in [-0.05, 0) is 73.4 Å². The molecular weight excluding hydrogens is 554 g/mol. The molecule has 3 aromatic rings. The lowest BCUT2D eigenvalue weighted by Crippen LogP contribution is -2.51. The minimum Gasteiger partial charge on any atom is -0.445 e. The quantitative estimate of drug-likeness (QED) is 0.223. The van der Waals surface area contributed by atoms with Gasteiger partial charge in [0.05, 0.1) is 30.9 Å². The van der Waals surface area contributed by atoms with Crippen LogP contribution >= 0.6 is 0 Å². The Bertz CT molecular complexity index is 1380. The van der Waals surface area contributed by atoms with E-state index in [2.05, 4.69) is 37.7 Å². The molecule has 0 aliphatic rings. The summed E-state index contributed by atoms with van der Waals surface area (Å²) in [6.07, 6.45) is 2.16. The normalized spacial score (nSPS) is 13.0. The van der Waals surface area contributed by atoms with Gasteiger partial charge in [0, 0.05) is 6.20 Å².